The maximum absolute atomic E-state index is 5.68. The third-order valence-corrected chi connectivity index (χ3v) is 4.97. The average Bonchev–Trinajstić information content (AvgIpc) is 3.10. The van der Waals surface area contributed by atoms with Gasteiger partial charge in [0.05, 0.1) is 0 Å². The van der Waals surface area contributed by atoms with E-state index in [1.54, 1.807) is 0 Å². The fourth-order valence-electron chi connectivity index (χ4n) is 3.68. The third kappa shape index (κ3) is 3.07. The topological polar surface area (TPSA) is 37.0 Å². The Morgan fingerprint density at radius 1 is 1.05 bits per heavy atom. The van der Waals surface area contributed by atoms with Gasteiger partial charge >= 0.3 is 0 Å². The molecule has 0 spiro atoms. The Morgan fingerprint density at radius 2 is 1.86 bits per heavy atom. The van der Waals surface area contributed by atoms with Crippen molar-refractivity contribution in [1.82, 2.24) is 15.1 Å². The Morgan fingerprint density at radius 3 is 2.64 bits per heavy atom. The molecule has 2 fully saturated rings. The molecule has 3 aliphatic rings. The molecule has 5 nitrogen and oxygen atoms in total. The maximum Gasteiger partial charge on any atom is 0.161 e. The lowest BCUT2D eigenvalue weighted by Crippen LogP contribution is -2.50. The number of benzene rings is 1. The summed E-state index contributed by atoms with van der Waals surface area (Å²) in [5.41, 5.74) is 1.32. The molecule has 0 radical (unpaired) electrons. The lowest BCUT2D eigenvalue weighted by atomic mass is 10.1. The number of fused-ring (bicyclic) bond motifs is 1. The van der Waals surface area contributed by atoms with Crippen LogP contribution in [0.2, 0.25) is 0 Å². The van der Waals surface area contributed by atoms with Gasteiger partial charge in [-0.3, -0.25) is 9.80 Å². The summed E-state index contributed by atoms with van der Waals surface area (Å²) < 4.78 is 11.3. The Balaban J connectivity index is 1.32. The van der Waals surface area contributed by atoms with Gasteiger partial charge in [-0.1, -0.05) is 6.07 Å². The SMILES string of the molecule is c1cc2c(cc1CN1CCN(C3CCNC3)CC1)OCCO2. The van der Waals surface area contributed by atoms with Crippen LogP contribution < -0.4 is 14.8 Å². The highest BCUT2D eigenvalue weighted by atomic mass is 16.6. The van der Waals surface area contributed by atoms with E-state index in [2.05, 4.69) is 27.2 Å². The molecule has 5 heteroatoms. The molecule has 22 heavy (non-hydrogen) atoms. The van der Waals surface area contributed by atoms with Gasteiger partial charge in [0.1, 0.15) is 13.2 Å². The van der Waals surface area contributed by atoms with Gasteiger partial charge in [-0.15, -0.1) is 0 Å². The van der Waals surface area contributed by atoms with Crippen molar-refractivity contribution in [1.29, 1.82) is 0 Å². The summed E-state index contributed by atoms with van der Waals surface area (Å²) in [7, 11) is 0. The molecule has 0 amide bonds. The van der Waals surface area contributed by atoms with E-state index >= 15 is 0 Å². The first-order chi connectivity index (χ1) is 10.9. The van der Waals surface area contributed by atoms with Gasteiger partial charge in [0.15, 0.2) is 11.5 Å². The molecule has 1 aromatic rings. The third-order valence-electron chi connectivity index (χ3n) is 4.97. The minimum Gasteiger partial charge on any atom is -0.486 e. The monoisotopic (exact) mass is 303 g/mol. The maximum atomic E-state index is 5.68. The zero-order valence-corrected chi connectivity index (χ0v) is 13.1. The van der Waals surface area contributed by atoms with Crippen molar-refractivity contribution in [2.24, 2.45) is 0 Å². The van der Waals surface area contributed by atoms with Crippen LogP contribution in [0, 0.1) is 0 Å². The van der Waals surface area contributed by atoms with Crippen molar-refractivity contribution in [2.45, 2.75) is 19.0 Å². The molecule has 1 N–H and O–H groups in total. The Bertz CT molecular complexity index is 509. The quantitative estimate of drug-likeness (QED) is 0.899. The average molecular weight is 303 g/mol. The molecule has 2 saturated heterocycles. The molecule has 3 aliphatic heterocycles. The Kier molecular flexibility index (Phi) is 4.19. The molecule has 4 rings (SSSR count). The van der Waals surface area contributed by atoms with E-state index in [9.17, 15) is 0 Å². The van der Waals surface area contributed by atoms with Crippen LogP contribution in [0.15, 0.2) is 18.2 Å². The summed E-state index contributed by atoms with van der Waals surface area (Å²) in [5.74, 6) is 1.79. The van der Waals surface area contributed by atoms with E-state index in [0.29, 0.717) is 13.2 Å². The van der Waals surface area contributed by atoms with E-state index in [4.69, 9.17) is 9.47 Å². The fraction of sp³-hybridized carbons (Fsp3) is 0.647. The first kappa shape index (κ1) is 14.3. The van der Waals surface area contributed by atoms with Crippen molar-refractivity contribution in [3.63, 3.8) is 0 Å². The number of nitrogens with one attached hydrogen (secondary N) is 1. The van der Waals surface area contributed by atoms with Crippen molar-refractivity contribution < 1.29 is 9.47 Å². The standard InChI is InChI=1S/C17H25N3O2/c1-2-16-17(22-10-9-21-16)11-14(1)13-19-5-7-20(8-6-19)15-3-4-18-12-15/h1-2,11,15,18H,3-10,12-13H2. The summed E-state index contributed by atoms with van der Waals surface area (Å²) in [6.45, 7) is 9.37. The van der Waals surface area contributed by atoms with Crippen LogP contribution in [0.25, 0.3) is 0 Å². The zero-order valence-electron chi connectivity index (χ0n) is 13.1. The van der Waals surface area contributed by atoms with Crippen LogP contribution in [0.5, 0.6) is 11.5 Å². The summed E-state index contributed by atoms with van der Waals surface area (Å²) in [6, 6.07) is 7.11. The number of hydrogen-bond acceptors (Lipinski definition) is 5. The molecule has 0 aliphatic carbocycles. The molecule has 0 aromatic heterocycles. The minimum absolute atomic E-state index is 0.657. The number of nitrogens with zero attached hydrogens (tertiary/aromatic N) is 2. The zero-order chi connectivity index (χ0) is 14.8. The molecular weight excluding hydrogens is 278 g/mol. The molecule has 0 bridgehead atoms. The second-order valence-corrected chi connectivity index (χ2v) is 6.44. The van der Waals surface area contributed by atoms with Gasteiger partial charge in [0.2, 0.25) is 0 Å². The number of ether oxygens (including phenoxy) is 2. The largest absolute Gasteiger partial charge is 0.486 e. The van der Waals surface area contributed by atoms with Crippen molar-refractivity contribution >= 4 is 0 Å². The molecule has 0 saturated carbocycles. The number of hydrogen-bond donors (Lipinski definition) is 1. The highest BCUT2D eigenvalue weighted by molar-refractivity contribution is 5.43. The van der Waals surface area contributed by atoms with Crippen molar-refractivity contribution in [3.8, 4) is 11.5 Å². The summed E-state index contributed by atoms with van der Waals surface area (Å²) in [4.78, 5) is 5.20. The van der Waals surface area contributed by atoms with E-state index in [1.165, 1.54) is 38.2 Å². The van der Waals surface area contributed by atoms with E-state index in [0.717, 1.165) is 37.2 Å². The molecule has 3 heterocycles. The van der Waals surface area contributed by atoms with Crippen LogP contribution in [0.1, 0.15) is 12.0 Å². The highest BCUT2D eigenvalue weighted by Gasteiger charge is 2.26. The Labute approximate surface area is 132 Å². The fourth-order valence-corrected chi connectivity index (χ4v) is 3.68. The van der Waals surface area contributed by atoms with Gasteiger partial charge < -0.3 is 14.8 Å². The summed E-state index contributed by atoms with van der Waals surface area (Å²) in [6.07, 6.45) is 1.31. The normalized spacial score (nSPS) is 26.3. The lowest BCUT2D eigenvalue weighted by Gasteiger charge is -2.37. The summed E-state index contributed by atoms with van der Waals surface area (Å²) in [5, 5.41) is 3.47. The van der Waals surface area contributed by atoms with Crippen LogP contribution in [-0.2, 0) is 6.54 Å². The van der Waals surface area contributed by atoms with Gasteiger partial charge in [-0.25, -0.2) is 0 Å². The van der Waals surface area contributed by atoms with Crippen LogP contribution >= 0.6 is 0 Å². The van der Waals surface area contributed by atoms with Crippen molar-refractivity contribution in [2.75, 3.05) is 52.5 Å². The molecule has 1 atom stereocenters. The molecule has 1 aromatic carbocycles. The first-order valence-corrected chi connectivity index (χ1v) is 8.44. The van der Waals surface area contributed by atoms with Crippen LogP contribution in [0.3, 0.4) is 0 Å². The van der Waals surface area contributed by atoms with Crippen LogP contribution in [0.4, 0.5) is 0 Å². The van der Waals surface area contributed by atoms with Gasteiger partial charge in [0.25, 0.3) is 0 Å². The summed E-state index contributed by atoms with van der Waals surface area (Å²) >= 11 is 0. The minimum atomic E-state index is 0.657. The lowest BCUT2D eigenvalue weighted by molar-refractivity contribution is 0.0979. The van der Waals surface area contributed by atoms with E-state index in [1.807, 2.05) is 6.07 Å². The van der Waals surface area contributed by atoms with Crippen molar-refractivity contribution in [3.05, 3.63) is 23.8 Å². The number of piperazine rings is 1. The highest BCUT2D eigenvalue weighted by Crippen LogP contribution is 2.31. The van der Waals surface area contributed by atoms with Crippen LogP contribution in [-0.4, -0.2) is 68.3 Å². The van der Waals surface area contributed by atoms with Gasteiger partial charge in [-0.05, 0) is 30.7 Å². The predicted octanol–water partition coefficient (Wildman–Crippen LogP) is 0.937. The van der Waals surface area contributed by atoms with E-state index in [-0.39, 0.29) is 0 Å². The first-order valence-electron chi connectivity index (χ1n) is 8.44. The smallest absolute Gasteiger partial charge is 0.161 e. The van der Waals surface area contributed by atoms with Gasteiger partial charge in [-0.2, -0.15) is 0 Å². The molecule has 1 unspecified atom stereocenters. The number of rotatable bonds is 3. The second kappa shape index (κ2) is 6.44. The molecule has 120 valence electrons. The van der Waals surface area contributed by atoms with Gasteiger partial charge in [0, 0.05) is 45.3 Å². The van der Waals surface area contributed by atoms with E-state index < -0.39 is 0 Å². The Hall–Kier alpha value is -1.30. The second-order valence-electron chi connectivity index (χ2n) is 6.44. The molecular formula is C17H25N3O2. The predicted molar refractivity (Wildman–Crippen MR) is 85.6 cm³/mol.